The van der Waals surface area contributed by atoms with E-state index >= 15 is 0 Å². The SMILES string of the molecule is C[S@@](=O)c1nncn1-c1nc(-c2ccncc2)nc2c1CCC2. The monoisotopic (exact) mass is 326 g/mol. The maximum atomic E-state index is 11.9. The van der Waals surface area contributed by atoms with Gasteiger partial charge in [0, 0.05) is 35.5 Å². The molecular formula is C15H14N6OS. The lowest BCUT2D eigenvalue weighted by Gasteiger charge is -2.11. The number of aryl methyl sites for hydroxylation is 1. The molecule has 0 amide bonds. The Bertz CT molecular complexity index is 892. The fourth-order valence-electron chi connectivity index (χ4n) is 2.81. The molecular weight excluding hydrogens is 312 g/mol. The quantitative estimate of drug-likeness (QED) is 0.722. The van der Waals surface area contributed by atoms with Crippen LogP contribution < -0.4 is 0 Å². The molecule has 0 spiro atoms. The second-order valence-corrected chi connectivity index (χ2v) is 6.60. The van der Waals surface area contributed by atoms with E-state index in [-0.39, 0.29) is 0 Å². The normalized spacial score (nSPS) is 14.7. The molecule has 0 radical (unpaired) electrons. The topological polar surface area (TPSA) is 86.5 Å². The molecule has 4 rings (SSSR count). The summed E-state index contributed by atoms with van der Waals surface area (Å²) in [6.07, 6.45) is 9.47. The van der Waals surface area contributed by atoms with Crippen molar-refractivity contribution in [2.45, 2.75) is 24.4 Å². The molecule has 1 aliphatic carbocycles. The first-order valence-electron chi connectivity index (χ1n) is 7.28. The average Bonchev–Trinajstić information content (AvgIpc) is 3.23. The summed E-state index contributed by atoms with van der Waals surface area (Å²) in [7, 11) is -1.24. The van der Waals surface area contributed by atoms with Crippen molar-refractivity contribution in [1.82, 2.24) is 29.7 Å². The molecule has 23 heavy (non-hydrogen) atoms. The van der Waals surface area contributed by atoms with Crippen LogP contribution >= 0.6 is 0 Å². The Morgan fingerprint density at radius 3 is 2.78 bits per heavy atom. The Morgan fingerprint density at radius 2 is 2.00 bits per heavy atom. The molecule has 8 heteroatoms. The summed E-state index contributed by atoms with van der Waals surface area (Å²) in [5.74, 6) is 1.37. The van der Waals surface area contributed by atoms with Gasteiger partial charge in [-0.1, -0.05) is 0 Å². The van der Waals surface area contributed by atoms with E-state index in [1.54, 1.807) is 29.5 Å². The maximum absolute atomic E-state index is 11.9. The zero-order valence-electron chi connectivity index (χ0n) is 12.5. The van der Waals surface area contributed by atoms with Crippen LogP contribution in [0.3, 0.4) is 0 Å². The van der Waals surface area contributed by atoms with Crippen molar-refractivity contribution >= 4 is 10.8 Å². The third-order valence-electron chi connectivity index (χ3n) is 3.85. The minimum Gasteiger partial charge on any atom is -0.265 e. The highest BCUT2D eigenvalue weighted by atomic mass is 32.2. The van der Waals surface area contributed by atoms with Crippen LogP contribution in [0.1, 0.15) is 17.7 Å². The molecule has 0 unspecified atom stereocenters. The zero-order chi connectivity index (χ0) is 15.8. The van der Waals surface area contributed by atoms with E-state index in [9.17, 15) is 4.21 Å². The third-order valence-corrected chi connectivity index (χ3v) is 4.64. The molecule has 0 fully saturated rings. The molecule has 0 aliphatic heterocycles. The highest BCUT2D eigenvalue weighted by Gasteiger charge is 2.23. The Hall–Kier alpha value is -2.48. The maximum Gasteiger partial charge on any atom is 0.226 e. The van der Waals surface area contributed by atoms with Crippen molar-refractivity contribution in [2.75, 3.05) is 6.26 Å². The second kappa shape index (κ2) is 5.62. The molecule has 3 heterocycles. The Balaban J connectivity index is 1.94. The molecule has 0 aromatic carbocycles. The third kappa shape index (κ3) is 2.44. The minimum absolute atomic E-state index is 0.401. The first-order valence-corrected chi connectivity index (χ1v) is 8.84. The summed E-state index contributed by atoms with van der Waals surface area (Å²) < 4.78 is 13.6. The lowest BCUT2D eigenvalue weighted by Crippen LogP contribution is -2.09. The molecule has 7 nitrogen and oxygen atoms in total. The zero-order valence-corrected chi connectivity index (χ0v) is 13.3. The van der Waals surface area contributed by atoms with Gasteiger partial charge < -0.3 is 0 Å². The molecule has 0 N–H and O–H groups in total. The number of rotatable bonds is 3. The van der Waals surface area contributed by atoms with E-state index in [0.29, 0.717) is 11.0 Å². The molecule has 0 saturated carbocycles. The average molecular weight is 326 g/mol. The second-order valence-electron chi connectivity index (χ2n) is 5.32. The summed E-state index contributed by atoms with van der Waals surface area (Å²) in [5.41, 5.74) is 3.04. The molecule has 1 aliphatic rings. The van der Waals surface area contributed by atoms with Gasteiger partial charge in [0.05, 0.1) is 10.8 Å². The first kappa shape index (κ1) is 14.1. The largest absolute Gasteiger partial charge is 0.265 e. The predicted molar refractivity (Wildman–Crippen MR) is 84.5 cm³/mol. The van der Waals surface area contributed by atoms with E-state index in [1.165, 1.54) is 0 Å². The standard InChI is InChI=1S/C15H14N6OS/c1-23(22)15-20-17-9-21(15)14-11-3-2-4-12(11)18-13(19-14)10-5-7-16-8-6-10/h5-9H,2-4H2,1H3/t23-/m1/s1. The molecule has 0 bridgehead atoms. The molecule has 3 aromatic rings. The Labute approximate surface area is 135 Å². The number of pyridine rings is 1. The lowest BCUT2D eigenvalue weighted by atomic mass is 10.2. The highest BCUT2D eigenvalue weighted by Crippen LogP contribution is 2.28. The van der Waals surface area contributed by atoms with Crippen molar-refractivity contribution in [3.63, 3.8) is 0 Å². The van der Waals surface area contributed by atoms with Crippen molar-refractivity contribution in [2.24, 2.45) is 0 Å². The van der Waals surface area contributed by atoms with Crippen molar-refractivity contribution < 1.29 is 4.21 Å². The fourth-order valence-corrected chi connectivity index (χ4v) is 3.38. The van der Waals surface area contributed by atoms with Crippen molar-refractivity contribution in [3.8, 4) is 17.2 Å². The summed E-state index contributed by atoms with van der Waals surface area (Å²) >= 11 is 0. The van der Waals surface area contributed by atoms with Crippen LogP contribution in [0, 0.1) is 0 Å². The highest BCUT2D eigenvalue weighted by molar-refractivity contribution is 7.84. The van der Waals surface area contributed by atoms with Gasteiger partial charge in [0.15, 0.2) is 5.82 Å². The number of hydrogen-bond donors (Lipinski definition) is 0. The van der Waals surface area contributed by atoms with Crippen LogP contribution in [0.25, 0.3) is 17.2 Å². The first-order chi connectivity index (χ1) is 11.2. The summed E-state index contributed by atoms with van der Waals surface area (Å²) in [6, 6.07) is 3.76. The Kier molecular flexibility index (Phi) is 3.45. The molecule has 1 atom stereocenters. The summed E-state index contributed by atoms with van der Waals surface area (Å²) in [6.45, 7) is 0. The van der Waals surface area contributed by atoms with E-state index < -0.39 is 10.8 Å². The van der Waals surface area contributed by atoms with Crippen molar-refractivity contribution in [1.29, 1.82) is 0 Å². The van der Waals surface area contributed by atoms with Crippen LogP contribution in [0.5, 0.6) is 0 Å². The summed E-state index contributed by atoms with van der Waals surface area (Å²) in [5, 5.41) is 8.26. The minimum atomic E-state index is -1.24. The number of nitrogens with zero attached hydrogens (tertiary/aromatic N) is 6. The van der Waals surface area contributed by atoms with Crippen LogP contribution in [-0.4, -0.2) is 40.2 Å². The smallest absolute Gasteiger partial charge is 0.226 e. The predicted octanol–water partition coefficient (Wildman–Crippen LogP) is 1.35. The van der Waals surface area contributed by atoms with Gasteiger partial charge in [0.1, 0.15) is 12.1 Å². The number of fused-ring (bicyclic) bond motifs is 1. The molecule has 116 valence electrons. The molecule has 0 saturated heterocycles. The van der Waals surface area contributed by atoms with Gasteiger partial charge in [-0.2, -0.15) is 0 Å². The van der Waals surface area contributed by atoms with Gasteiger partial charge in [-0.25, -0.2) is 9.97 Å². The Morgan fingerprint density at radius 1 is 1.17 bits per heavy atom. The van der Waals surface area contributed by atoms with Crippen LogP contribution in [0.4, 0.5) is 0 Å². The van der Waals surface area contributed by atoms with E-state index in [4.69, 9.17) is 9.97 Å². The molecule has 3 aromatic heterocycles. The van der Waals surface area contributed by atoms with Gasteiger partial charge in [-0.3, -0.25) is 13.8 Å². The fraction of sp³-hybridized carbons (Fsp3) is 0.267. The van der Waals surface area contributed by atoms with Crippen LogP contribution in [0.2, 0.25) is 0 Å². The summed E-state index contributed by atoms with van der Waals surface area (Å²) in [4.78, 5) is 13.4. The number of hydrogen-bond acceptors (Lipinski definition) is 6. The van der Waals surface area contributed by atoms with Gasteiger partial charge in [-0.15, -0.1) is 10.2 Å². The lowest BCUT2D eigenvalue weighted by molar-refractivity contribution is 0.674. The van der Waals surface area contributed by atoms with Gasteiger partial charge >= 0.3 is 0 Å². The van der Waals surface area contributed by atoms with Crippen molar-refractivity contribution in [3.05, 3.63) is 42.1 Å². The van der Waals surface area contributed by atoms with E-state index in [1.807, 2.05) is 12.1 Å². The van der Waals surface area contributed by atoms with Crippen LogP contribution in [-0.2, 0) is 23.6 Å². The van der Waals surface area contributed by atoms with Gasteiger partial charge in [-0.05, 0) is 31.4 Å². The van der Waals surface area contributed by atoms with Gasteiger partial charge in [0.25, 0.3) is 0 Å². The van der Waals surface area contributed by atoms with E-state index in [0.717, 1.165) is 41.9 Å². The van der Waals surface area contributed by atoms with Crippen LogP contribution in [0.15, 0.2) is 36.0 Å². The van der Waals surface area contributed by atoms with Gasteiger partial charge in [0.2, 0.25) is 5.16 Å². The van der Waals surface area contributed by atoms with E-state index in [2.05, 4.69) is 15.2 Å². The number of aromatic nitrogens is 6.